The van der Waals surface area contributed by atoms with Crippen LogP contribution in [0.4, 0.5) is 5.69 Å². The lowest BCUT2D eigenvalue weighted by atomic mass is 10.0. The molecule has 1 fully saturated rings. The highest BCUT2D eigenvalue weighted by molar-refractivity contribution is 5.95. The van der Waals surface area contributed by atoms with Crippen LogP contribution in [0.25, 0.3) is 11.1 Å². The fraction of sp³-hybridized carbons (Fsp3) is 0.278. The van der Waals surface area contributed by atoms with Gasteiger partial charge in [0.15, 0.2) is 0 Å². The first kappa shape index (κ1) is 18.3. The van der Waals surface area contributed by atoms with Crippen LogP contribution in [0.1, 0.15) is 0 Å². The number of anilines is 1. The van der Waals surface area contributed by atoms with Gasteiger partial charge in [-0.15, -0.1) is 12.4 Å². The molecular formula is C18H21ClN2O3. The van der Waals surface area contributed by atoms with E-state index in [9.17, 15) is 4.79 Å². The number of morpholine rings is 1. The molecular weight excluding hydrogens is 328 g/mol. The van der Waals surface area contributed by atoms with Crippen molar-refractivity contribution >= 4 is 24.0 Å². The highest BCUT2D eigenvalue weighted by Crippen LogP contribution is 2.30. The van der Waals surface area contributed by atoms with Gasteiger partial charge in [0.1, 0.15) is 11.8 Å². The number of carbonyl (C=O) groups excluding carboxylic acids is 1. The number of hydrogen-bond donors (Lipinski definition) is 2. The van der Waals surface area contributed by atoms with Gasteiger partial charge in [0.25, 0.3) is 0 Å². The van der Waals surface area contributed by atoms with E-state index in [-0.39, 0.29) is 24.4 Å². The number of methoxy groups -OCH3 is 1. The first-order valence-corrected chi connectivity index (χ1v) is 7.63. The smallest absolute Gasteiger partial charge is 0.243 e. The Bertz CT molecular complexity index is 687. The summed E-state index contributed by atoms with van der Waals surface area (Å²) in [7, 11) is 1.65. The molecule has 24 heavy (non-hydrogen) atoms. The van der Waals surface area contributed by atoms with Crippen LogP contribution in [-0.4, -0.2) is 38.8 Å². The normalized spacial score (nSPS) is 16.8. The van der Waals surface area contributed by atoms with E-state index in [1.165, 1.54) is 0 Å². The quantitative estimate of drug-likeness (QED) is 0.892. The highest BCUT2D eigenvalue weighted by Gasteiger charge is 2.21. The summed E-state index contributed by atoms with van der Waals surface area (Å²) in [6.07, 6.45) is 0. The molecule has 0 spiro atoms. The molecule has 0 aliphatic carbocycles. The maximum atomic E-state index is 12.3. The second kappa shape index (κ2) is 8.68. The van der Waals surface area contributed by atoms with Gasteiger partial charge < -0.3 is 20.1 Å². The number of halogens is 1. The molecule has 3 rings (SSSR count). The largest absolute Gasteiger partial charge is 0.496 e. The summed E-state index contributed by atoms with van der Waals surface area (Å²) in [6.45, 7) is 1.74. The highest BCUT2D eigenvalue weighted by atomic mass is 35.5. The van der Waals surface area contributed by atoms with Crippen molar-refractivity contribution in [1.29, 1.82) is 0 Å². The van der Waals surface area contributed by atoms with Crippen LogP contribution in [0.5, 0.6) is 5.75 Å². The third kappa shape index (κ3) is 4.26. The van der Waals surface area contributed by atoms with Crippen molar-refractivity contribution in [2.24, 2.45) is 0 Å². The third-order valence-corrected chi connectivity index (χ3v) is 3.79. The van der Waals surface area contributed by atoms with Gasteiger partial charge in [0, 0.05) is 17.8 Å². The van der Waals surface area contributed by atoms with Crippen LogP contribution in [-0.2, 0) is 9.53 Å². The molecule has 1 atom stereocenters. The summed E-state index contributed by atoms with van der Waals surface area (Å²) in [5.41, 5.74) is 2.74. The minimum atomic E-state index is -0.307. The first-order chi connectivity index (χ1) is 11.3. The maximum absolute atomic E-state index is 12.3. The van der Waals surface area contributed by atoms with E-state index < -0.39 is 0 Å². The monoisotopic (exact) mass is 348 g/mol. The van der Waals surface area contributed by atoms with Crippen LogP contribution >= 0.6 is 12.4 Å². The fourth-order valence-electron chi connectivity index (χ4n) is 2.61. The van der Waals surface area contributed by atoms with Crippen molar-refractivity contribution in [3.8, 4) is 16.9 Å². The molecule has 1 aliphatic heterocycles. The van der Waals surface area contributed by atoms with Gasteiger partial charge in [0.2, 0.25) is 5.91 Å². The lowest BCUT2D eigenvalue weighted by molar-refractivity contribution is -0.120. The molecule has 1 aliphatic rings. The molecule has 2 aromatic rings. The van der Waals surface area contributed by atoms with E-state index in [4.69, 9.17) is 9.47 Å². The standard InChI is InChI=1S/C18H20N2O3.ClH/c1-22-17-8-3-2-7-15(17)13-5-4-6-14(11-13)20-18(21)16-12-23-10-9-19-16;/h2-8,11,16,19H,9-10,12H2,1H3,(H,20,21);1H. The lowest BCUT2D eigenvalue weighted by Crippen LogP contribution is -2.48. The van der Waals surface area contributed by atoms with Gasteiger partial charge in [-0.25, -0.2) is 0 Å². The van der Waals surface area contributed by atoms with Gasteiger partial charge in [-0.05, 0) is 23.8 Å². The summed E-state index contributed by atoms with van der Waals surface area (Å²) < 4.78 is 10.7. The Kier molecular flexibility index (Phi) is 6.61. The van der Waals surface area contributed by atoms with Crippen LogP contribution in [0, 0.1) is 0 Å². The van der Waals surface area contributed by atoms with Crippen molar-refractivity contribution < 1.29 is 14.3 Å². The predicted molar refractivity (Wildman–Crippen MR) is 96.9 cm³/mol. The van der Waals surface area contributed by atoms with Gasteiger partial charge in [-0.3, -0.25) is 4.79 Å². The third-order valence-electron chi connectivity index (χ3n) is 3.79. The molecule has 2 N–H and O–H groups in total. The number of benzene rings is 2. The zero-order valence-corrected chi connectivity index (χ0v) is 14.3. The van der Waals surface area contributed by atoms with Crippen molar-refractivity contribution in [2.45, 2.75) is 6.04 Å². The van der Waals surface area contributed by atoms with E-state index in [1.807, 2.05) is 48.5 Å². The Balaban J connectivity index is 0.00000208. The first-order valence-electron chi connectivity index (χ1n) is 7.63. The van der Waals surface area contributed by atoms with E-state index in [1.54, 1.807) is 7.11 Å². The maximum Gasteiger partial charge on any atom is 0.243 e. The Morgan fingerprint density at radius 2 is 2.08 bits per heavy atom. The van der Waals surface area contributed by atoms with Crippen molar-refractivity contribution in [1.82, 2.24) is 5.32 Å². The zero-order chi connectivity index (χ0) is 16.1. The second-order valence-electron chi connectivity index (χ2n) is 5.35. The molecule has 0 radical (unpaired) electrons. The van der Waals surface area contributed by atoms with Gasteiger partial charge in [-0.1, -0.05) is 30.3 Å². The van der Waals surface area contributed by atoms with Crippen molar-refractivity contribution in [3.05, 3.63) is 48.5 Å². The van der Waals surface area contributed by atoms with Crippen LogP contribution in [0.2, 0.25) is 0 Å². The number of carbonyl (C=O) groups is 1. The Morgan fingerprint density at radius 1 is 1.25 bits per heavy atom. The number of hydrogen-bond acceptors (Lipinski definition) is 4. The molecule has 1 amide bonds. The topological polar surface area (TPSA) is 59.6 Å². The second-order valence-corrected chi connectivity index (χ2v) is 5.35. The van der Waals surface area contributed by atoms with Crippen LogP contribution < -0.4 is 15.4 Å². The average molecular weight is 349 g/mol. The van der Waals surface area contributed by atoms with Gasteiger partial charge in [0.05, 0.1) is 20.3 Å². The number of ether oxygens (including phenoxy) is 2. The summed E-state index contributed by atoms with van der Waals surface area (Å²) >= 11 is 0. The summed E-state index contributed by atoms with van der Waals surface area (Å²) in [5, 5.41) is 6.08. The summed E-state index contributed by atoms with van der Waals surface area (Å²) in [6, 6.07) is 15.2. The predicted octanol–water partition coefficient (Wildman–Crippen LogP) is 2.71. The minimum Gasteiger partial charge on any atom is -0.496 e. The molecule has 6 heteroatoms. The molecule has 0 aromatic heterocycles. The molecule has 0 bridgehead atoms. The molecule has 5 nitrogen and oxygen atoms in total. The van der Waals surface area contributed by atoms with Gasteiger partial charge in [-0.2, -0.15) is 0 Å². The molecule has 128 valence electrons. The Labute approximate surface area is 147 Å². The summed E-state index contributed by atoms with van der Waals surface area (Å²) in [4.78, 5) is 12.3. The molecule has 1 heterocycles. The van der Waals surface area contributed by atoms with Crippen LogP contribution in [0.3, 0.4) is 0 Å². The molecule has 2 aromatic carbocycles. The SMILES string of the molecule is COc1ccccc1-c1cccc(NC(=O)C2COCCN2)c1.Cl. The molecule has 1 saturated heterocycles. The zero-order valence-electron chi connectivity index (χ0n) is 13.5. The Morgan fingerprint density at radius 3 is 2.83 bits per heavy atom. The number of para-hydroxylation sites is 1. The number of nitrogens with one attached hydrogen (secondary N) is 2. The molecule has 0 saturated carbocycles. The lowest BCUT2D eigenvalue weighted by Gasteiger charge is -2.23. The van der Waals surface area contributed by atoms with E-state index in [0.29, 0.717) is 19.8 Å². The Hall–Kier alpha value is -2.08. The number of rotatable bonds is 4. The molecule has 1 unspecified atom stereocenters. The van der Waals surface area contributed by atoms with E-state index >= 15 is 0 Å². The van der Waals surface area contributed by atoms with Crippen LogP contribution in [0.15, 0.2) is 48.5 Å². The number of amides is 1. The van der Waals surface area contributed by atoms with E-state index in [0.717, 1.165) is 22.6 Å². The summed E-state index contributed by atoms with van der Waals surface area (Å²) in [5.74, 6) is 0.722. The average Bonchev–Trinajstić information content (AvgIpc) is 2.62. The van der Waals surface area contributed by atoms with E-state index in [2.05, 4.69) is 10.6 Å². The fourth-order valence-corrected chi connectivity index (χ4v) is 2.61. The van der Waals surface area contributed by atoms with Crippen molar-refractivity contribution in [2.75, 3.05) is 32.2 Å². The van der Waals surface area contributed by atoms with Crippen molar-refractivity contribution in [3.63, 3.8) is 0 Å². The minimum absolute atomic E-state index is 0. The van der Waals surface area contributed by atoms with Gasteiger partial charge >= 0.3 is 0 Å².